The van der Waals surface area contributed by atoms with Crippen LogP contribution in [0.4, 0.5) is 5.95 Å². The highest BCUT2D eigenvalue weighted by molar-refractivity contribution is 9.10. The van der Waals surface area contributed by atoms with E-state index in [0.717, 1.165) is 15.4 Å². The van der Waals surface area contributed by atoms with Crippen LogP contribution in [0.3, 0.4) is 0 Å². The van der Waals surface area contributed by atoms with Crippen LogP contribution in [0.15, 0.2) is 46.0 Å². The highest BCUT2D eigenvalue weighted by atomic mass is 79.9. The first-order valence-electron chi connectivity index (χ1n) is 7.20. The number of hydrazone groups is 1. The number of nitrogens with zero attached hydrogens (tertiary/aromatic N) is 4. The summed E-state index contributed by atoms with van der Waals surface area (Å²) in [5.74, 6) is 0.196. The number of fused-ring (bicyclic) bond motifs is 3. The monoisotopic (exact) mass is 416 g/mol. The second kappa shape index (κ2) is 6.30. The van der Waals surface area contributed by atoms with Crippen molar-refractivity contribution in [2.45, 2.75) is 0 Å². The van der Waals surface area contributed by atoms with E-state index in [9.17, 15) is 5.11 Å². The first kappa shape index (κ1) is 15.8. The van der Waals surface area contributed by atoms with Crippen molar-refractivity contribution in [2.75, 3.05) is 5.43 Å². The number of aromatic amines is 1. The number of phenolic OH excluding ortho intramolecular Hbond substituents is 1. The summed E-state index contributed by atoms with van der Waals surface area (Å²) in [6, 6.07) is 10.8. The fourth-order valence-electron chi connectivity index (χ4n) is 2.39. The largest absolute Gasteiger partial charge is 0.506 e. The zero-order chi connectivity index (χ0) is 17.4. The quantitative estimate of drug-likeness (QED) is 0.345. The van der Waals surface area contributed by atoms with Crippen molar-refractivity contribution in [3.8, 4) is 5.75 Å². The van der Waals surface area contributed by atoms with Gasteiger partial charge in [-0.25, -0.2) is 5.43 Å². The number of para-hydroxylation sites is 1. The lowest BCUT2D eigenvalue weighted by Crippen LogP contribution is -1.99. The van der Waals surface area contributed by atoms with Gasteiger partial charge in [-0.15, -0.1) is 10.2 Å². The van der Waals surface area contributed by atoms with Crippen LogP contribution in [-0.2, 0) is 0 Å². The summed E-state index contributed by atoms with van der Waals surface area (Å²) in [6.45, 7) is 0. The van der Waals surface area contributed by atoms with Crippen molar-refractivity contribution in [3.05, 3.63) is 51.5 Å². The van der Waals surface area contributed by atoms with Crippen LogP contribution in [-0.4, -0.2) is 31.5 Å². The number of benzene rings is 2. The number of rotatable bonds is 3. The molecule has 7 nitrogen and oxygen atoms in total. The lowest BCUT2D eigenvalue weighted by Gasteiger charge is -2.00. The summed E-state index contributed by atoms with van der Waals surface area (Å²) in [5.41, 5.74) is 5.37. The van der Waals surface area contributed by atoms with Crippen LogP contribution in [0.5, 0.6) is 5.75 Å². The van der Waals surface area contributed by atoms with E-state index >= 15 is 0 Å². The standard InChI is InChI=1S/C16H10BrClN6O/c17-9-4-5-12-10(6-9)13-15(20-12)21-16(24-22-13)23-19-7-8-2-1-3-11(18)14(8)25/h1-7,25H,(H2,20,21,23,24)/b19-7+. The minimum absolute atomic E-state index is 0.0367. The van der Waals surface area contributed by atoms with Gasteiger partial charge in [0.15, 0.2) is 5.65 Å². The molecule has 4 rings (SSSR count). The second-order valence-corrected chi connectivity index (χ2v) is 6.52. The van der Waals surface area contributed by atoms with Crippen LogP contribution in [0, 0.1) is 0 Å². The van der Waals surface area contributed by atoms with E-state index in [-0.39, 0.29) is 16.7 Å². The number of aromatic nitrogens is 4. The molecule has 0 saturated heterocycles. The van der Waals surface area contributed by atoms with E-state index in [2.05, 4.69) is 46.6 Å². The number of hydrogen-bond donors (Lipinski definition) is 3. The molecular weight excluding hydrogens is 408 g/mol. The average molecular weight is 418 g/mol. The lowest BCUT2D eigenvalue weighted by molar-refractivity contribution is 0.475. The summed E-state index contributed by atoms with van der Waals surface area (Å²) in [5, 5.41) is 23.3. The van der Waals surface area contributed by atoms with E-state index in [0.29, 0.717) is 16.7 Å². The summed E-state index contributed by atoms with van der Waals surface area (Å²) in [4.78, 5) is 7.54. The summed E-state index contributed by atoms with van der Waals surface area (Å²) in [7, 11) is 0. The molecule has 25 heavy (non-hydrogen) atoms. The Balaban J connectivity index is 1.63. The summed E-state index contributed by atoms with van der Waals surface area (Å²) < 4.78 is 0.954. The zero-order valence-corrected chi connectivity index (χ0v) is 14.9. The minimum Gasteiger partial charge on any atom is -0.506 e. The second-order valence-electron chi connectivity index (χ2n) is 5.20. The maximum atomic E-state index is 9.84. The third-order valence-electron chi connectivity index (χ3n) is 3.56. The Kier molecular flexibility index (Phi) is 3.98. The molecule has 0 radical (unpaired) electrons. The van der Waals surface area contributed by atoms with Gasteiger partial charge in [-0.3, -0.25) is 0 Å². The number of H-pyrrole nitrogens is 1. The smallest absolute Gasteiger partial charge is 0.265 e. The van der Waals surface area contributed by atoms with Crippen molar-refractivity contribution in [1.82, 2.24) is 20.2 Å². The van der Waals surface area contributed by atoms with Gasteiger partial charge in [-0.1, -0.05) is 33.6 Å². The van der Waals surface area contributed by atoms with Crippen molar-refractivity contribution in [3.63, 3.8) is 0 Å². The fraction of sp³-hybridized carbons (Fsp3) is 0. The first-order chi connectivity index (χ1) is 12.1. The van der Waals surface area contributed by atoms with Gasteiger partial charge in [0.25, 0.3) is 5.95 Å². The summed E-state index contributed by atoms with van der Waals surface area (Å²) >= 11 is 9.29. The van der Waals surface area contributed by atoms with E-state index < -0.39 is 0 Å². The molecule has 0 bridgehead atoms. The molecule has 4 aromatic rings. The number of anilines is 1. The van der Waals surface area contributed by atoms with Gasteiger partial charge in [0.2, 0.25) is 0 Å². The van der Waals surface area contributed by atoms with Gasteiger partial charge < -0.3 is 10.1 Å². The third kappa shape index (κ3) is 3.01. The molecule has 124 valence electrons. The number of aromatic hydroxyl groups is 1. The number of halogens is 2. The molecule has 0 fully saturated rings. The predicted octanol–water partition coefficient (Wildman–Crippen LogP) is 4.07. The Morgan fingerprint density at radius 2 is 2.12 bits per heavy atom. The number of nitrogens with one attached hydrogen (secondary N) is 2. The predicted molar refractivity (Wildman–Crippen MR) is 101 cm³/mol. The molecule has 0 aliphatic heterocycles. The van der Waals surface area contributed by atoms with Crippen LogP contribution in [0.25, 0.3) is 22.1 Å². The average Bonchev–Trinajstić information content (AvgIpc) is 2.95. The minimum atomic E-state index is -0.0367. The van der Waals surface area contributed by atoms with E-state index in [1.54, 1.807) is 18.2 Å². The van der Waals surface area contributed by atoms with Gasteiger partial charge in [-0.2, -0.15) is 10.1 Å². The molecule has 0 saturated carbocycles. The SMILES string of the molecule is Oc1c(Cl)cccc1/C=N/Nc1nnc2c(n1)[nH]c1ccc(Br)cc12. The Labute approximate surface area is 154 Å². The van der Waals surface area contributed by atoms with Crippen molar-refractivity contribution in [2.24, 2.45) is 5.10 Å². The molecule has 0 aliphatic rings. The Morgan fingerprint density at radius 3 is 3.00 bits per heavy atom. The molecule has 2 aromatic heterocycles. The molecule has 2 aromatic carbocycles. The fourth-order valence-corrected chi connectivity index (χ4v) is 2.93. The zero-order valence-electron chi connectivity index (χ0n) is 12.5. The topological polar surface area (TPSA) is 99.1 Å². The molecule has 0 unspecified atom stereocenters. The molecular formula is C16H10BrClN6O. The lowest BCUT2D eigenvalue weighted by atomic mass is 10.2. The van der Waals surface area contributed by atoms with Crippen LogP contribution in [0.2, 0.25) is 5.02 Å². The molecule has 0 atom stereocenters. The molecule has 0 amide bonds. The maximum absolute atomic E-state index is 9.84. The van der Waals surface area contributed by atoms with Crippen molar-refractivity contribution < 1.29 is 5.11 Å². The van der Waals surface area contributed by atoms with Gasteiger partial charge >= 0.3 is 0 Å². The Bertz CT molecular complexity index is 1130. The van der Waals surface area contributed by atoms with Crippen LogP contribution >= 0.6 is 27.5 Å². The highest BCUT2D eigenvalue weighted by Crippen LogP contribution is 2.26. The molecule has 9 heteroatoms. The van der Waals surface area contributed by atoms with Crippen LogP contribution < -0.4 is 5.43 Å². The Hall–Kier alpha value is -2.71. The van der Waals surface area contributed by atoms with E-state index in [4.69, 9.17) is 11.6 Å². The van der Waals surface area contributed by atoms with Gasteiger partial charge in [0.1, 0.15) is 11.3 Å². The van der Waals surface area contributed by atoms with E-state index in [1.165, 1.54) is 6.21 Å². The van der Waals surface area contributed by atoms with Gasteiger partial charge in [0, 0.05) is 20.9 Å². The Morgan fingerprint density at radius 1 is 1.24 bits per heavy atom. The molecule has 3 N–H and O–H groups in total. The molecule has 0 aliphatic carbocycles. The van der Waals surface area contributed by atoms with Crippen LogP contribution in [0.1, 0.15) is 5.56 Å². The third-order valence-corrected chi connectivity index (χ3v) is 4.36. The first-order valence-corrected chi connectivity index (χ1v) is 8.37. The highest BCUT2D eigenvalue weighted by Gasteiger charge is 2.09. The maximum Gasteiger partial charge on any atom is 0.265 e. The normalized spacial score (nSPS) is 11.6. The summed E-state index contributed by atoms with van der Waals surface area (Å²) in [6.07, 6.45) is 1.43. The molecule has 0 spiro atoms. The van der Waals surface area contributed by atoms with E-state index in [1.807, 2.05) is 18.2 Å². The van der Waals surface area contributed by atoms with Crippen molar-refractivity contribution in [1.29, 1.82) is 0 Å². The van der Waals surface area contributed by atoms with Crippen molar-refractivity contribution >= 4 is 61.8 Å². The van der Waals surface area contributed by atoms with Gasteiger partial charge in [-0.05, 0) is 30.3 Å². The molecule has 2 heterocycles. The number of phenols is 1. The van der Waals surface area contributed by atoms with Gasteiger partial charge in [0.05, 0.1) is 11.2 Å². The number of hydrogen-bond acceptors (Lipinski definition) is 6.